The first-order chi connectivity index (χ1) is 7.34. The Balaban J connectivity index is 4.68. The average Bonchev–Trinajstić information content (AvgIpc) is 2.14. The molecular weight excluding hydrogens is 278 g/mol. The number of rotatable bonds is 6. The number of hydrogen-bond donors (Lipinski definition) is 0. The van der Waals surface area contributed by atoms with Crippen LogP contribution in [0.5, 0.6) is 0 Å². The molecule has 0 aliphatic heterocycles. The Bertz CT molecular complexity index is 249. The molecule has 0 radical (unpaired) electrons. The van der Waals surface area contributed by atoms with Crippen molar-refractivity contribution < 1.29 is 48.6 Å². The molecular formula is C6H4F10O. The second kappa shape index (κ2) is 4.86. The lowest BCUT2D eigenvalue weighted by atomic mass is 10.3. The van der Waals surface area contributed by atoms with E-state index >= 15 is 0 Å². The van der Waals surface area contributed by atoms with Crippen molar-refractivity contribution in [2.75, 3.05) is 6.61 Å². The molecule has 104 valence electrons. The van der Waals surface area contributed by atoms with Gasteiger partial charge in [0.1, 0.15) is 6.61 Å². The molecule has 0 aliphatic carbocycles. The van der Waals surface area contributed by atoms with Crippen LogP contribution in [0.25, 0.3) is 0 Å². The minimum Gasteiger partial charge on any atom is -0.309 e. The topological polar surface area (TPSA) is 9.23 Å². The van der Waals surface area contributed by atoms with E-state index in [0.29, 0.717) is 0 Å². The van der Waals surface area contributed by atoms with Crippen LogP contribution >= 0.6 is 0 Å². The molecule has 1 nitrogen and oxygen atoms in total. The van der Waals surface area contributed by atoms with E-state index in [2.05, 4.69) is 4.74 Å². The third kappa shape index (κ3) is 3.61. The lowest BCUT2D eigenvalue weighted by molar-refractivity contribution is -0.386. The zero-order valence-electron chi connectivity index (χ0n) is 7.55. The molecule has 0 saturated carbocycles. The molecule has 0 fully saturated rings. The molecule has 0 N–H and O–H groups in total. The van der Waals surface area contributed by atoms with Gasteiger partial charge in [0.15, 0.2) is 0 Å². The van der Waals surface area contributed by atoms with Crippen molar-refractivity contribution in [3.63, 3.8) is 0 Å². The maximum atomic E-state index is 12.2. The molecule has 0 aromatic carbocycles. The van der Waals surface area contributed by atoms with Crippen LogP contribution in [0.1, 0.15) is 0 Å². The summed E-state index contributed by atoms with van der Waals surface area (Å²) < 4.78 is 121. The predicted octanol–water partition coefficient (Wildman–Crippen LogP) is 3.40. The smallest absolute Gasteiger partial charge is 0.309 e. The van der Waals surface area contributed by atoms with Gasteiger partial charge in [-0.1, -0.05) is 0 Å². The lowest BCUT2D eigenvalue weighted by Gasteiger charge is -2.26. The highest BCUT2D eigenvalue weighted by atomic mass is 19.3. The summed E-state index contributed by atoms with van der Waals surface area (Å²) in [5.41, 5.74) is 0. The summed E-state index contributed by atoms with van der Waals surface area (Å²) in [5.74, 6) is -11.2. The quantitative estimate of drug-likeness (QED) is 0.678. The zero-order chi connectivity index (χ0) is 14.1. The Kier molecular flexibility index (Phi) is 4.65. The molecule has 0 aromatic heterocycles. The largest absolute Gasteiger partial charge is 0.425 e. The highest BCUT2D eigenvalue weighted by Crippen LogP contribution is 2.41. The summed E-state index contributed by atoms with van der Waals surface area (Å²) in [7, 11) is 0. The Morgan fingerprint density at radius 3 is 1.47 bits per heavy atom. The molecule has 17 heavy (non-hydrogen) atoms. The molecule has 0 aliphatic rings. The van der Waals surface area contributed by atoms with Crippen LogP contribution in [-0.2, 0) is 4.74 Å². The summed E-state index contributed by atoms with van der Waals surface area (Å²) in [4.78, 5) is 0. The molecule has 0 rings (SSSR count). The Morgan fingerprint density at radius 1 is 0.765 bits per heavy atom. The van der Waals surface area contributed by atoms with Crippen LogP contribution < -0.4 is 0 Å². The maximum absolute atomic E-state index is 12.2. The second-order valence-electron chi connectivity index (χ2n) is 2.79. The van der Waals surface area contributed by atoms with Crippen molar-refractivity contribution in [1.29, 1.82) is 0 Å². The van der Waals surface area contributed by atoms with Crippen molar-refractivity contribution in [2.45, 2.75) is 30.8 Å². The molecule has 0 spiro atoms. The third-order valence-electron chi connectivity index (χ3n) is 1.43. The number of halogens is 10. The van der Waals surface area contributed by atoms with Gasteiger partial charge < -0.3 is 4.74 Å². The Labute approximate surface area is 87.3 Å². The van der Waals surface area contributed by atoms with E-state index in [-0.39, 0.29) is 0 Å². The highest BCUT2D eigenvalue weighted by Gasteiger charge is 2.65. The number of hydrogen-bond acceptors (Lipinski definition) is 1. The van der Waals surface area contributed by atoms with Crippen LogP contribution in [0, 0.1) is 0 Å². The lowest BCUT2D eigenvalue weighted by Crippen LogP contribution is -2.50. The molecule has 0 atom stereocenters. The standard InChI is InChI=1S/C6H4F10O/c7-2(8)4(11,12)1-17-6(15,16)5(13,14)3(9)10/h2-3H,1H2. The van der Waals surface area contributed by atoms with E-state index in [1.54, 1.807) is 0 Å². The number of alkyl halides is 10. The average molecular weight is 282 g/mol. The van der Waals surface area contributed by atoms with E-state index in [1.165, 1.54) is 0 Å². The predicted molar refractivity (Wildman–Crippen MR) is 32.8 cm³/mol. The minimum absolute atomic E-state index is 2.49. The summed E-state index contributed by atoms with van der Waals surface area (Å²) in [5, 5.41) is 0. The summed E-state index contributed by atoms with van der Waals surface area (Å²) in [6, 6.07) is 0. The van der Waals surface area contributed by atoms with Crippen molar-refractivity contribution >= 4 is 0 Å². The molecule has 0 aromatic rings. The molecule has 11 heteroatoms. The SMILES string of the molecule is FC(F)C(F)(F)COC(F)(F)C(F)(F)C(F)F. The van der Waals surface area contributed by atoms with Crippen molar-refractivity contribution in [3.8, 4) is 0 Å². The van der Waals surface area contributed by atoms with Crippen LogP contribution in [0.4, 0.5) is 43.9 Å². The van der Waals surface area contributed by atoms with Gasteiger partial charge in [-0.15, -0.1) is 0 Å². The molecule has 0 heterocycles. The van der Waals surface area contributed by atoms with Gasteiger partial charge in [0.2, 0.25) is 0 Å². The fraction of sp³-hybridized carbons (Fsp3) is 1.00. The minimum atomic E-state index is -6.06. The van der Waals surface area contributed by atoms with Gasteiger partial charge in [0, 0.05) is 0 Å². The van der Waals surface area contributed by atoms with Gasteiger partial charge in [-0.3, -0.25) is 0 Å². The van der Waals surface area contributed by atoms with E-state index in [9.17, 15) is 43.9 Å². The van der Waals surface area contributed by atoms with Gasteiger partial charge >= 0.3 is 30.8 Å². The maximum Gasteiger partial charge on any atom is 0.425 e. The van der Waals surface area contributed by atoms with E-state index in [1.807, 2.05) is 0 Å². The monoisotopic (exact) mass is 282 g/mol. The van der Waals surface area contributed by atoms with Crippen LogP contribution in [0.3, 0.4) is 0 Å². The van der Waals surface area contributed by atoms with Gasteiger partial charge in [-0.25, -0.2) is 17.6 Å². The molecule has 0 amide bonds. The zero-order valence-corrected chi connectivity index (χ0v) is 7.55. The van der Waals surface area contributed by atoms with Crippen molar-refractivity contribution in [2.24, 2.45) is 0 Å². The summed E-state index contributed by atoms with van der Waals surface area (Å²) >= 11 is 0. The second-order valence-corrected chi connectivity index (χ2v) is 2.79. The van der Waals surface area contributed by atoms with E-state index < -0.39 is 37.4 Å². The first-order valence-corrected chi connectivity index (χ1v) is 3.68. The van der Waals surface area contributed by atoms with Crippen LogP contribution in [0.2, 0.25) is 0 Å². The third-order valence-corrected chi connectivity index (χ3v) is 1.43. The molecule has 0 bridgehead atoms. The van der Waals surface area contributed by atoms with Crippen molar-refractivity contribution in [3.05, 3.63) is 0 Å². The normalized spacial score (nSPS) is 14.8. The van der Waals surface area contributed by atoms with Crippen LogP contribution in [-0.4, -0.2) is 37.4 Å². The Hall–Kier alpha value is -0.740. The van der Waals surface area contributed by atoms with Gasteiger partial charge in [0.25, 0.3) is 0 Å². The highest BCUT2D eigenvalue weighted by molar-refractivity contribution is 4.81. The Morgan fingerprint density at radius 2 is 1.18 bits per heavy atom. The van der Waals surface area contributed by atoms with E-state index in [0.717, 1.165) is 0 Å². The van der Waals surface area contributed by atoms with Crippen molar-refractivity contribution in [1.82, 2.24) is 0 Å². The van der Waals surface area contributed by atoms with E-state index in [4.69, 9.17) is 0 Å². The fourth-order valence-electron chi connectivity index (χ4n) is 0.473. The first kappa shape index (κ1) is 16.3. The molecule has 0 saturated heterocycles. The molecule has 0 unspecified atom stereocenters. The van der Waals surface area contributed by atoms with Gasteiger partial charge in [0.05, 0.1) is 0 Å². The fourth-order valence-corrected chi connectivity index (χ4v) is 0.473. The number of ether oxygens (including phenoxy) is 1. The van der Waals surface area contributed by atoms with Gasteiger partial charge in [-0.05, 0) is 0 Å². The first-order valence-electron chi connectivity index (χ1n) is 3.68. The van der Waals surface area contributed by atoms with Gasteiger partial charge in [-0.2, -0.15) is 26.3 Å². The summed E-state index contributed by atoms with van der Waals surface area (Å²) in [6.45, 7) is -2.82. The summed E-state index contributed by atoms with van der Waals surface area (Å²) in [6.07, 6.45) is -15.4. The van der Waals surface area contributed by atoms with Crippen LogP contribution in [0.15, 0.2) is 0 Å².